The highest BCUT2D eigenvalue weighted by atomic mass is 32.2. The maximum absolute atomic E-state index is 14.8. The predicted molar refractivity (Wildman–Crippen MR) is 401 cm³/mol. The Kier molecular flexibility index (Phi) is 32.5. The molecule has 32 nitrogen and oxygen atoms in total. The zero-order valence-corrected chi connectivity index (χ0v) is 64.9. The standard InChI is InChI=1S/C69H114N16O16S4/c1-39(2)99-63(92)47(32-71-55(87)20-12-8-16-51-59-43(36-103-51)75-67(96)79-59)83-25-23-82(46(62(90)91)31-70-54(86)19-11-7-15-50-58-42(35-102-50)74-66(95)78-58)24-26-84(48(64(93)100-40(3)4)33-72-56(88)21-13-9-17-52-60-44(37-104-52)76-68(97)80-60)28-30-85(29-27-83)49(65(94)101-41(5)6)34-73-57(89)22-14-10-18-53-61-45(38-105-53)77-69(98)81-61/h39-53,58-61H,7-38H2,1-6H3,(H,70,86)(H,71,87)(H,72,88)(H,73,89)(H,90,91)(H2,74,78,95)(H2,75,79,96)(H2,76,80,97)(H2,77,81,98). The van der Waals surface area contributed by atoms with Crippen molar-refractivity contribution >= 4 is 119 Å². The first-order valence-corrected chi connectivity index (χ1v) is 42.2. The molecule has 0 radical (unpaired) electrons. The van der Waals surface area contributed by atoms with Gasteiger partial charge in [0.05, 0.1) is 66.6 Å². The van der Waals surface area contributed by atoms with Gasteiger partial charge in [0.25, 0.3) is 0 Å². The van der Waals surface area contributed by atoms with E-state index in [4.69, 9.17) is 14.2 Å². The van der Waals surface area contributed by atoms with Crippen molar-refractivity contribution in [3.8, 4) is 0 Å². The third kappa shape index (κ3) is 25.1. The Labute approximate surface area is 633 Å². The summed E-state index contributed by atoms with van der Waals surface area (Å²) < 4.78 is 17.9. The molecule has 12 amide bonds. The van der Waals surface area contributed by atoms with Crippen LogP contribution in [0.25, 0.3) is 0 Å². The molecular weight excluding hydrogens is 1440 g/mol. The Morgan fingerprint density at radius 3 is 0.800 bits per heavy atom. The summed E-state index contributed by atoms with van der Waals surface area (Å²) in [6, 6.07) is -5.29. The van der Waals surface area contributed by atoms with E-state index in [0.29, 0.717) is 51.4 Å². The Balaban J connectivity index is 0.960. The molecule has 9 aliphatic rings. The number of urea groups is 4. The first-order chi connectivity index (χ1) is 50.3. The highest BCUT2D eigenvalue weighted by molar-refractivity contribution is 8.01. The molecule has 9 saturated heterocycles. The Hall–Kier alpha value is -5.92. The van der Waals surface area contributed by atoms with Crippen molar-refractivity contribution in [1.82, 2.24) is 83.4 Å². The molecule has 0 bridgehead atoms. The summed E-state index contributed by atoms with van der Waals surface area (Å²) in [6.45, 7) is 9.05. The van der Waals surface area contributed by atoms with Gasteiger partial charge in [-0.3, -0.25) is 58.0 Å². The van der Waals surface area contributed by atoms with Gasteiger partial charge >= 0.3 is 48.0 Å². The van der Waals surface area contributed by atoms with E-state index in [9.17, 15) is 62.6 Å². The zero-order chi connectivity index (χ0) is 75.3. The summed E-state index contributed by atoms with van der Waals surface area (Å²) in [4.78, 5) is 169. The smallest absolute Gasteiger partial charge is 0.325 e. The quantitative estimate of drug-likeness (QED) is 0.0177. The van der Waals surface area contributed by atoms with Gasteiger partial charge in [0.1, 0.15) is 24.2 Å². The van der Waals surface area contributed by atoms with Gasteiger partial charge in [-0.15, -0.1) is 0 Å². The van der Waals surface area contributed by atoms with Crippen LogP contribution < -0.4 is 63.8 Å². The summed E-state index contributed by atoms with van der Waals surface area (Å²) in [5.74, 6) is -1.36. The van der Waals surface area contributed by atoms with Gasteiger partial charge in [-0.05, 0) is 92.9 Å². The molecule has 0 aromatic rings. The molecule has 9 fully saturated rings. The van der Waals surface area contributed by atoms with Crippen molar-refractivity contribution in [2.45, 2.75) is 256 Å². The van der Waals surface area contributed by atoms with Gasteiger partial charge < -0.3 is 83.1 Å². The zero-order valence-electron chi connectivity index (χ0n) is 61.6. The number of carboxylic acids is 1. The van der Waals surface area contributed by atoms with Gasteiger partial charge in [-0.2, -0.15) is 47.0 Å². The van der Waals surface area contributed by atoms with E-state index in [1.807, 2.05) is 4.90 Å². The van der Waals surface area contributed by atoms with Crippen LogP contribution in [-0.2, 0) is 52.6 Å². The minimum absolute atomic E-state index is 0.00328. The van der Waals surface area contributed by atoms with Crippen LogP contribution in [0.3, 0.4) is 0 Å². The van der Waals surface area contributed by atoms with Crippen LogP contribution in [0.5, 0.6) is 0 Å². The normalized spacial score (nSPS) is 28.1. The average molecular weight is 1550 g/mol. The lowest BCUT2D eigenvalue weighted by Gasteiger charge is -2.40. The third-order valence-electron chi connectivity index (χ3n) is 20.9. The van der Waals surface area contributed by atoms with Crippen LogP contribution in [0.1, 0.15) is 144 Å². The van der Waals surface area contributed by atoms with E-state index in [1.54, 1.807) is 103 Å². The molecule has 9 rings (SSSR count). The maximum atomic E-state index is 14.8. The van der Waals surface area contributed by atoms with Crippen molar-refractivity contribution in [3.63, 3.8) is 0 Å². The number of hydrogen-bond acceptors (Lipinski definition) is 23. The van der Waals surface area contributed by atoms with E-state index < -0.39 is 66.4 Å². The van der Waals surface area contributed by atoms with Gasteiger partial charge in [-0.25, -0.2) is 19.2 Å². The number of aliphatic carboxylic acids is 1. The molecule has 16 atom stereocenters. The molecule has 36 heteroatoms. The molecule has 9 aliphatic heterocycles. The monoisotopic (exact) mass is 1550 g/mol. The average Bonchev–Trinajstić information content (AvgIpc) is 1.82. The predicted octanol–water partition coefficient (Wildman–Crippen LogP) is 0.990. The fourth-order valence-corrected chi connectivity index (χ4v) is 21.6. The Morgan fingerprint density at radius 2 is 0.581 bits per heavy atom. The van der Waals surface area contributed by atoms with Crippen LogP contribution in [0, 0.1) is 0 Å². The van der Waals surface area contributed by atoms with E-state index >= 15 is 0 Å². The first kappa shape index (κ1) is 83.1. The van der Waals surface area contributed by atoms with Crippen molar-refractivity contribution in [3.05, 3.63) is 0 Å². The molecule has 0 saturated carbocycles. The molecule has 0 aromatic heterocycles. The number of carbonyl (C=O) groups is 12. The molecule has 16 unspecified atom stereocenters. The largest absolute Gasteiger partial charge is 0.480 e. The molecule has 13 N–H and O–H groups in total. The Morgan fingerprint density at radius 1 is 0.362 bits per heavy atom. The molecule has 0 aliphatic carbocycles. The van der Waals surface area contributed by atoms with Gasteiger partial charge in [0.2, 0.25) is 23.6 Å². The number of carbonyl (C=O) groups excluding carboxylic acids is 11. The third-order valence-corrected chi connectivity index (χ3v) is 26.9. The number of amides is 12. The molecule has 9 heterocycles. The molecule has 0 aromatic carbocycles. The summed E-state index contributed by atoms with van der Waals surface area (Å²) in [5.41, 5.74) is 0. The number of nitrogens with zero attached hydrogens (tertiary/aromatic N) is 4. The lowest BCUT2D eigenvalue weighted by molar-refractivity contribution is -0.157. The lowest BCUT2D eigenvalue weighted by Crippen LogP contribution is -2.60. The maximum Gasteiger partial charge on any atom is 0.325 e. The fourth-order valence-electron chi connectivity index (χ4n) is 15.4. The van der Waals surface area contributed by atoms with E-state index in [0.717, 1.165) is 48.7 Å². The summed E-state index contributed by atoms with van der Waals surface area (Å²) in [6.07, 6.45) is 6.85. The number of thioether (sulfide) groups is 4. The first-order valence-electron chi connectivity index (χ1n) is 38.0. The van der Waals surface area contributed by atoms with Crippen molar-refractivity contribution in [2.24, 2.45) is 0 Å². The fraction of sp³-hybridized carbons (Fsp3) is 0.826. The van der Waals surface area contributed by atoms with E-state index in [1.165, 1.54) is 0 Å². The minimum Gasteiger partial charge on any atom is -0.480 e. The van der Waals surface area contributed by atoms with E-state index in [-0.39, 0.29) is 221 Å². The molecule has 105 heavy (non-hydrogen) atoms. The van der Waals surface area contributed by atoms with Crippen LogP contribution in [0.2, 0.25) is 0 Å². The Bertz CT molecular complexity index is 2900. The number of carboxylic acid groups (broad SMARTS) is 1. The van der Waals surface area contributed by atoms with Crippen LogP contribution in [-0.4, -0.2) is 310 Å². The second-order valence-electron chi connectivity index (χ2n) is 29.7. The topological polar surface area (TPSA) is 410 Å². The number of fused-ring (bicyclic) bond motifs is 4. The summed E-state index contributed by atoms with van der Waals surface area (Å²) in [7, 11) is 0. The highest BCUT2D eigenvalue weighted by Gasteiger charge is 2.47. The number of hydrogen-bond donors (Lipinski definition) is 13. The van der Waals surface area contributed by atoms with Crippen LogP contribution in [0.15, 0.2) is 0 Å². The van der Waals surface area contributed by atoms with Gasteiger partial charge in [0.15, 0.2) is 0 Å². The van der Waals surface area contributed by atoms with Crippen molar-refractivity contribution < 1.29 is 76.9 Å². The van der Waals surface area contributed by atoms with Crippen molar-refractivity contribution in [2.75, 3.05) is 102 Å². The van der Waals surface area contributed by atoms with Crippen LogP contribution in [0.4, 0.5) is 19.2 Å². The number of esters is 3. The molecule has 0 spiro atoms. The van der Waals surface area contributed by atoms with Gasteiger partial charge in [0, 0.05) is 148 Å². The SMILES string of the molecule is CC(C)OC(=O)C(CNC(=O)CCCCC1SCC2NC(=O)NC21)N1CCN(C(CNC(=O)CCCCC2SCC3NC(=O)NC32)C(=O)O)CCN(C(CNC(=O)CCCCC2SCC3NC(=O)NC32)C(=O)OC(C)C)CCN(C(CNC(=O)CCCCC2SCC3NC(=O)NC32)C(=O)OC(C)C)CC1. The van der Waals surface area contributed by atoms with E-state index in [2.05, 4.69) is 63.8 Å². The molecular formula is C69H114N16O16S4. The minimum atomic E-state index is -1.37. The number of rotatable bonds is 39. The van der Waals surface area contributed by atoms with Crippen molar-refractivity contribution in [1.29, 1.82) is 0 Å². The number of ether oxygens (including phenoxy) is 3. The summed E-state index contributed by atoms with van der Waals surface area (Å²) >= 11 is 7.14. The highest BCUT2D eigenvalue weighted by Crippen LogP contribution is 2.37. The summed E-state index contributed by atoms with van der Waals surface area (Å²) in [5, 5.41) is 47.8. The second-order valence-corrected chi connectivity index (χ2v) is 34.8. The number of unbranched alkanes of at least 4 members (excludes halogenated alkanes) is 4. The van der Waals surface area contributed by atoms with Gasteiger partial charge in [-0.1, -0.05) is 25.7 Å². The lowest BCUT2D eigenvalue weighted by atomic mass is 10.0. The van der Waals surface area contributed by atoms with Crippen LogP contribution >= 0.6 is 47.0 Å². The number of nitrogens with one attached hydrogen (secondary N) is 12. The molecule has 590 valence electrons. The second kappa shape index (κ2) is 41.0.